The Morgan fingerprint density at radius 2 is 1.85 bits per heavy atom. The average molecular weight is 267 g/mol. The number of nitrogen functional groups attached to an aromatic ring is 1. The van der Waals surface area contributed by atoms with E-state index in [1.807, 2.05) is 6.07 Å². The lowest BCUT2D eigenvalue weighted by atomic mass is 9.79. The number of carboxylic acid groups (broad SMARTS) is 1. The second-order valence-electron chi connectivity index (χ2n) is 5.32. The fourth-order valence-corrected chi connectivity index (χ4v) is 3.09. The lowest BCUT2D eigenvalue weighted by Gasteiger charge is -2.26. The first-order valence-corrected chi connectivity index (χ1v) is 6.85. The molecule has 1 unspecified atom stereocenters. The molecule has 0 spiro atoms. The summed E-state index contributed by atoms with van der Waals surface area (Å²) in [5.74, 6) is -0.648. The maximum absolute atomic E-state index is 11.2. The fourth-order valence-electron chi connectivity index (χ4n) is 3.09. The van der Waals surface area contributed by atoms with Crippen molar-refractivity contribution in [3.63, 3.8) is 0 Å². The van der Waals surface area contributed by atoms with E-state index < -0.39 is 5.97 Å². The van der Waals surface area contributed by atoms with Crippen molar-refractivity contribution in [2.75, 3.05) is 5.73 Å². The Balaban J connectivity index is 1.96. The number of anilines is 1. The Kier molecular flexibility index (Phi) is 3.18. The maximum atomic E-state index is 11.2. The van der Waals surface area contributed by atoms with E-state index in [4.69, 9.17) is 10.8 Å². The van der Waals surface area contributed by atoms with Crippen LogP contribution in [0.4, 0.5) is 5.69 Å². The Hall–Kier alpha value is -2.29. The highest BCUT2D eigenvalue weighted by Crippen LogP contribution is 2.36. The van der Waals surface area contributed by atoms with Crippen molar-refractivity contribution >= 4 is 11.7 Å². The first kappa shape index (κ1) is 12.7. The molecular weight excluding hydrogens is 250 g/mol. The number of carboxylic acids is 1. The summed E-state index contributed by atoms with van der Waals surface area (Å²) >= 11 is 0. The van der Waals surface area contributed by atoms with Crippen LogP contribution in [0.1, 0.15) is 39.4 Å². The fraction of sp³-hybridized carbons (Fsp3) is 0.235. The van der Waals surface area contributed by atoms with Crippen LogP contribution < -0.4 is 5.73 Å². The minimum Gasteiger partial charge on any atom is -0.478 e. The minimum atomic E-state index is -0.958. The van der Waals surface area contributed by atoms with Crippen molar-refractivity contribution in [1.82, 2.24) is 0 Å². The van der Waals surface area contributed by atoms with Crippen molar-refractivity contribution in [1.29, 1.82) is 0 Å². The van der Waals surface area contributed by atoms with Crippen LogP contribution in [0.25, 0.3) is 0 Å². The summed E-state index contributed by atoms with van der Waals surface area (Å²) in [6.45, 7) is 0. The summed E-state index contributed by atoms with van der Waals surface area (Å²) < 4.78 is 0. The van der Waals surface area contributed by atoms with Gasteiger partial charge in [-0.3, -0.25) is 0 Å². The normalized spacial score (nSPS) is 17.5. The molecule has 0 aliphatic heterocycles. The van der Waals surface area contributed by atoms with Gasteiger partial charge in [-0.25, -0.2) is 4.79 Å². The van der Waals surface area contributed by atoms with E-state index in [1.54, 1.807) is 12.1 Å². The monoisotopic (exact) mass is 267 g/mol. The number of hydrogen-bond donors (Lipinski definition) is 2. The number of aromatic carboxylic acids is 1. The van der Waals surface area contributed by atoms with E-state index in [9.17, 15) is 4.79 Å². The second kappa shape index (κ2) is 5.00. The molecule has 3 N–H and O–H groups in total. The third kappa shape index (κ3) is 2.16. The van der Waals surface area contributed by atoms with E-state index in [2.05, 4.69) is 24.3 Å². The Labute approximate surface area is 118 Å². The van der Waals surface area contributed by atoms with Crippen LogP contribution in [0.2, 0.25) is 0 Å². The number of fused-ring (bicyclic) bond motifs is 1. The van der Waals surface area contributed by atoms with Crippen molar-refractivity contribution in [2.45, 2.75) is 25.2 Å². The molecule has 3 nitrogen and oxygen atoms in total. The summed E-state index contributed by atoms with van der Waals surface area (Å²) in [6, 6.07) is 13.8. The van der Waals surface area contributed by atoms with Gasteiger partial charge >= 0.3 is 5.97 Å². The van der Waals surface area contributed by atoms with Crippen molar-refractivity contribution in [2.24, 2.45) is 0 Å². The number of hydrogen-bond acceptors (Lipinski definition) is 2. The van der Waals surface area contributed by atoms with E-state index in [0.717, 1.165) is 24.8 Å². The third-order valence-electron chi connectivity index (χ3n) is 4.16. The molecule has 2 aromatic carbocycles. The molecule has 1 atom stereocenters. The van der Waals surface area contributed by atoms with Gasteiger partial charge in [0.15, 0.2) is 0 Å². The average Bonchev–Trinajstić information content (AvgIpc) is 2.46. The Morgan fingerprint density at radius 1 is 1.10 bits per heavy atom. The summed E-state index contributed by atoms with van der Waals surface area (Å²) in [5.41, 5.74) is 10.4. The summed E-state index contributed by atoms with van der Waals surface area (Å²) in [4.78, 5) is 11.2. The molecular formula is C17H17NO2. The molecule has 20 heavy (non-hydrogen) atoms. The molecule has 3 rings (SSSR count). The molecule has 0 saturated carbocycles. The van der Waals surface area contributed by atoms with Crippen LogP contribution in [-0.4, -0.2) is 11.1 Å². The number of carbonyl (C=O) groups is 1. The van der Waals surface area contributed by atoms with E-state index in [1.165, 1.54) is 11.1 Å². The van der Waals surface area contributed by atoms with E-state index in [-0.39, 0.29) is 5.56 Å². The standard InChI is InChI=1S/C17H17NO2/c18-16-14(6-3-7-15(16)17(19)20)13-9-8-11-4-1-2-5-12(11)10-13/h1-7,13H,8-10,18H2,(H,19,20). The molecule has 0 radical (unpaired) electrons. The zero-order chi connectivity index (χ0) is 14.1. The molecule has 0 bridgehead atoms. The van der Waals surface area contributed by atoms with Gasteiger partial charge in [0, 0.05) is 5.69 Å². The first-order chi connectivity index (χ1) is 9.66. The number of nitrogens with two attached hydrogens (primary N) is 1. The molecule has 2 aromatic rings. The van der Waals surface area contributed by atoms with E-state index in [0.29, 0.717) is 11.6 Å². The molecule has 102 valence electrons. The summed E-state index contributed by atoms with van der Waals surface area (Å²) in [5, 5.41) is 9.17. The predicted octanol–water partition coefficient (Wildman–Crippen LogP) is 3.24. The number of aryl methyl sites for hydroxylation is 1. The minimum absolute atomic E-state index is 0.210. The largest absolute Gasteiger partial charge is 0.478 e. The van der Waals surface area contributed by atoms with Gasteiger partial charge in [0.1, 0.15) is 0 Å². The van der Waals surface area contributed by atoms with Crippen molar-refractivity contribution in [3.05, 3.63) is 64.7 Å². The van der Waals surface area contributed by atoms with Crippen LogP contribution in [0, 0.1) is 0 Å². The molecule has 0 heterocycles. The zero-order valence-corrected chi connectivity index (χ0v) is 11.2. The van der Waals surface area contributed by atoms with Crippen molar-refractivity contribution < 1.29 is 9.90 Å². The van der Waals surface area contributed by atoms with Crippen LogP contribution >= 0.6 is 0 Å². The Bertz CT molecular complexity index is 664. The number of para-hydroxylation sites is 1. The van der Waals surface area contributed by atoms with Crippen molar-refractivity contribution in [3.8, 4) is 0 Å². The van der Waals surface area contributed by atoms with Gasteiger partial charge < -0.3 is 10.8 Å². The number of rotatable bonds is 2. The van der Waals surface area contributed by atoms with Gasteiger partial charge in [0.2, 0.25) is 0 Å². The number of benzene rings is 2. The molecule has 0 saturated heterocycles. The SMILES string of the molecule is Nc1c(C(=O)O)cccc1C1CCc2ccccc2C1. The Morgan fingerprint density at radius 3 is 2.60 bits per heavy atom. The lowest BCUT2D eigenvalue weighted by Crippen LogP contribution is -2.15. The van der Waals surface area contributed by atoms with Gasteiger partial charge in [-0.2, -0.15) is 0 Å². The predicted molar refractivity (Wildman–Crippen MR) is 79.0 cm³/mol. The smallest absolute Gasteiger partial charge is 0.337 e. The molecule has 0 fully saturated rings. The molecule has 0 aromatic heterocycles. The highest BCUT2D eigenvalue weighted by molar-refractivity contribution is 5.94. The van der Waals surface area contributed by atoms with Crippen LogP contribution in [0.5, 0.6) is 0 Å². The summed E-state index contributed by atoms with van der Waals surface area (Å²) in [6.07, 6.45) is 2.98. The van der Waals surface area contributed by atoms with Crippen LogP contribution in [0.15, 0.2) is 42.5 Å². The molecule has 1 aliphatic carbocycles. The second-order valence-corrected chi connectivity index (χ2v) is 5.32. The molecule has 0 amide bonds. The first-order valence-electron chi connectivity index (χ1n) is 6.85. The van der Waals surface area contributed by atoms with Gasteiger partial charge in [-0.15, -0.1) is 0 Å². The van der Waals surface area contributed by atoms with Gasteiger partial charge in [0.25, 0.3) is 0 Å². The molecule has 3 heteroatoms. The van der Waals surface area contributed by atoms with Gasteiger partial charge in [-0.05, 0) is 47.9 Å². The van der Waals surface area contributed by atoms with Crippen LogP contribution in [-0.2, 0) is 12.8 Å². The van der Waals surface area contributed by atoms with Gasteiger partial charge in [-0.1, -0.05) is 36.4 Å². The zero-order valence-electron chi connectivity index (χ0n) is 11.2. The van der Waals surface area contributed by atoms with Crippen LogP contribution in [0.3, 0.4) is 0 Å². The molecule has 1 aliphatic rings. The summed E-state index contributed by atoms with van der Waals surface area (Å²) in [7, 11) is 0. The topological polar surface area (TPSA) is 63.3 Å². The highest BCUT2D eigenvalue weighted by Gasteiger charge is 2.23. The highest BCUT2D eigenvalue weighted by atomic mass is 16.4. The van der Waals surface area contributed by atoms with E-state index >= 15 is 0 Å². The third-order valence-corrected chi connectivity index (χ3v) is 4.16. The maximum Gasteiger partial charge on any atom is 0.337 e. The van der Waals surface area contributed by atoms with Gasteiger partial charge in [0.05, 0.1) is 5.56 Å². The lowest BCUT2D eigenvalue weighted by molar-refractivity contribution is 0.0698. The quantitative estimate of drug-likeness (QED) is 0.821.